The smallest absolute Gasteiger partial charge is 0.265 e. The van der Waals surface area contributed by atoms with Gasteiger partial charge < -0.3 is 19.5 Å². The molecule has 6 nitrogen and oxygen atoms in total. The monoisotopic (exact) mass is 278 g/mol. The predicted molar refractivity (Wildman–Crippen MR) is 73.2 cm³/mol. The number of ether oxygens (including phenoxy) is 2. The van der Waals surface area contributed by atoms with Gasteiger partial charge in [-0.3, -0.25) is 9.69 Å². The Bertz CT molecular complexity index is 500. The zero-order chi connectivity index (χ0) is 13.9. The molecule has 0 unspecified atom stereocenters. The number of aromatic hydroxyl groups is 1. The molecule has 0 aromatic heterocycles. The molecule has 6 heteroatoms. The third-order valence-electron chi connectivity index (χ3n) is 3.63. The maximum Gasteiger partial charge on any atom is 0.265 e. The minimum atomic E-state index is -0.0450. The summed E-state index contributed by atoms with van der Waals surface area (Å²) >= 11 is 0. The number of hydrogen-bond donors (Lipinski definition) is 1. The van der Waals surface area contributed by atoms with Crippen LogP contribution in [0.15, 0.2) is 18.2 Å². The van der Waals surface area contributed by atoms with Crippen molar-refractivity contribution in [3.63, 3.8) is 0 Å². The van der Waals surface area contributed by atoms with Crippen molar-refractivity contribution in [1.82, 2.24) is 4.90 Å². The lowest BCUT2D eigenvalue weighted by molar-refractivity contribution is -0.121. The van der Waals surface area contributed by atoms with E-state index >= 15 is 0 Å². The highest BCUT2D eigenvalue weighted by Gasteiger charge is 2.26. The summed E-state index contributed by atoms with van der Waals surface area (Å²) in [6, 6.07) is 4.84. The molecule has 0 saturated carbocycles. The van der Waals surface area contributed by atoms with E-state index in [-0.39, 0.29) is 18.3 Å². The van der Waals surface area contributed by atoms with Crippen molar-refractivity contribution in [1.29, 1.82) is 0 Å². The van der Waals surface area contributed by atoms with Crippen LogP contribution in [0.4, 0.5) is 5.69 Å². The van der Waals surface area contributed by atoms with Crippen LogP contribution in [0.1, 0.15) is 0 Å². The van der Waals surface area contributed by atoms with Gasteiger partial charge in [-0.1, -0.05) is 0 Å². The quantitative estimate of drug-likeness (QED) is 0.870. The van der Waals surface area contributed by atoms with Gasteiger partial charge in [-0.25, -0.2) is 0 Å². The Kier molecular flexibility index (Phi) is 3.75. The first-order chi connectivity index (χ1) is 9.74. The molecular weight excluding hydrogens is 260 g/mol. The second-order valence-electron chi connectivity index (χ2n) is 4.94. The molecule has 0 bridgehead atoms. The first kappa shape index (κ1) is 13.2. The molecule has 0 aliphatic carbocycles. The third kappa shape index (κ3) is 2.71. The van der Waals surface area contributed by atoms with E-state index in [4.69, 9.17) is 9.47 Å². The molecule has 2 heterocycles. The highest BCUT2D eigenvalue weighted by molar-refractivity contribution is 5.97. The molecule has 1 saturated heterocycles. The summed E-state index contributed by atoms with van der Waals surface area (Å²) < 4.78 is 10.7. The Balaban J connectivity index is 1.70. The fraction of sp³-hybridized carbons (Fsp3) is 0.500. The second kappa shape index (κ2) is 5.68. The van der Waals surface area contributed by atoms with Crippen LogP contribution in [0.5, 0.6) is 11.5 Å². The van der Waals surface area contributed by atoms with Crippen LogP contribution in [0.25, 0.3) is 0 Å². The minimum absolute atomic E-state index is 0.0273. The van der Waals surface area contributed by atoms with Crippen LogP contribution in [-0.4, -0.2) is 61.9 Å². The molecule has 1 amide bonds. The SMILES string of the molecule is O=C1COc2cc(O)ccc2N1CCN1CCOCC1. The molecule has 0 spiro atoms. The number of nitrogens with zero attached hydrogens (tertiary/aromatic N) is 2. The molecular formula is C14H18N2O4. The predicted octanol–water partition coefficient (Wildman–Crippen LogP) is 0.450. The van der Waals surface area contributed by atoms with Gasteiger partial charge in [0.05, 0.1) is 18.9 Å². The summed E-state index contributed by atoms with van der Waals surface area (Å²) in [4.78, 5) is 16.0. The Morgan fingerprint density at radius 3 is 2.80 bits per heavy atom. The maximum absolute atomic E-state index is 12.0. The lowest BCUT2D eigenvalue weighted by Gasteiger charge is -2.33. The molecule has 0 atom stereocenters. The van der Waals surface area contributed by atoms with Gasteiger partial charge in [0.15, 0.2) is 6.61 Å². The van der Waals surface area contributed by atoms with E-state index in [1.165, 1.54) is 0 Å². The minimum Gasteiger partial charge on any atom is -0.508 e. The fourth-order valence-corrected chi connectivity index (χ4v) is 2.50. The molecule has 20 heavy (non-hydrogen) atoms. The van der Waals surface area contributed by atoms with E-state index in [0.29, 0.717) is 12.3 Å². The van der Waals surface area contributed by atoms with Crippen molar-refractivity contribution >= 4 is 11.6 Å². The summed E-state index contributed by atoms with van der Waals surface area (Å²) in [6.45, 7) is 4.78. The van der Waals surface area contributed by atoms with E-state index in [1.807, 2.05) is 0 Å². The molecule has 108 valence electrons. The van der Waals surface area contributed by atoms with Crippen LogP contribution in [0.3, 0.4) is 0 Å². The molecule has 2 aliphatic rings. The van der Waals surface area contributed by atoms with Crippen molar-refractivity contribution in [3.05, 3.63) is 18.2 Å². The topological polar surface area (TPSA) is 62.2 Å². The molecule has 2 aliphatic heterocycles. The molecule has 3 rings (SSSR count). The van der Waals surface area contributed by atoms with Gasteiger partial charge in [-0.05, 0) is 12.1 Å². The van der Waals surface area contributed by atoms with Gasteiger partial charge in [-0.2, -0.15) is 0 Å². The largest absolute Gasteiger partial charge is 0.508 e. The van der Waals surface area contributed by atoms with Crippen LogP contribution < -0.4 is 9.64 Å². The van der Waals surface area contributed by atoms with E-state index in [2.05, 4.69) is 4.90 Å². The Morgan fingerprint density at radius 2 is 2.00 bits per heavy atom. The van der Waals surface area contributed by atoms with Crippen molar-refractivity contribution in [3.8, 4) is 11.5 Å². The first-order valence-electron chi connectivity index (χ1n) is 6.80. The summed E-state index contributed by atoms with van der Waals surface area (Å²) in [5.74, 6) is 0.661. The number of amides is 1. The average Bonchev–Trinajstić information content (AvgIpc) is 2.47. The number of hydrogen-bond acceptors (Lipinski definition) is 5. The number of morpholine rings is 1. The number of anilines is 1. The van der Waals surface area contributed by atoms with Gasteiger partial charge in [-0.15, -0.1) is 0 Å². The van der Waals surface area contributed by atoms with E-state index < -0.39 is 0 Å². The Labute approximate surface area is 117 Å². The lowest BCUT2D eigenvalue weighted by atomic mass is 10.2. The van der Waals surface area contributed by atoms with Crippen LogP contribution in [-0.2, 0) is 9.53 Å². The molecule has 1 fully saturated rings. The van der Waals surface area contributed by atoms with Crippen molar-refractivity contribution in [2.24, 2.45) is 0 Å². The van der Waals surface area contributed by atoms with Gasteiger partial charge >= 0.3 is 0 Å². The number of phenolic OH excluding ortho intramolecular Hbond substituents is 1. The van der Waals surface area contributed by atoms with E-state index in [9.17, 15) is 9.90 Å². The van der Waals surface area contributed by atoms with Crippen molar-refractivity contribution in [2.45, 2.75) is 0 Å². The van der Waals surface area contributed by atoms with Crippen molar-refractivity contribution in [2.75, 3.05) is 50.9 Å². The Hall–Kier alpha value is -1.79. The summed E-state index contributed by atoms with van der Waals surface area (Å²) in [5, 5.41) is 9.47. The molecule has 1 aromatic rings. The van der Waals surface area contributed by atoms with Gasteiger partial charge in [0.25, 0.3) is 5.91 Å². The second-order valence-corrected chi connectivity index (χ2v) is 4.94. The van der Waals surface area contributed by atoms with E-state index in [0.717, 1.165) is 38.5 Å². The van der Waals surface area contributed by atoms with E-state index in [1.54, 1.807) is 23.1 Å². The third-order valence-corrected chi connectivity index (χ3v) is 3.63. The summed E-state index contributed by atoms with van der Waals surface area (Å²) in [6.07, 6.45) is 0. The Morgan fingerprint density at radius 1 is 1.20 bits per heavy atom. The first-order valence-corrected chi connectivity index (χ1v) is 6.80. The normalized spacial score (nSPS) is 19.6. The van der Waals surface area contributed by atoms with Crippen LogP contribution in [0, 0.1) is 0 Å². The zero-order valence-corrected chi connectivity index (χ0v) is 11.2. The number of benzene rings is 1. The summed E-state index contributed by atoms with van der Waals surface area (Å²) in [5.41, 5.74) is 0.729. The molecule has 1 aromatic carbocycles. The summed E-state index contributed by atoms with van der Waals surface area (Å²) in [7, 11) is 0. The number of carbonyl (C=O) groups excluding carboxylic acids is 1. The molecule has 1 N–H and O–H groups in total. The number of phenols is 1. The van der Waals surface area contributed by atoms with Gasteiger partial charge in [0, 0.05) is 32.2 Å². The fourth-order valence-electron chi connectivity index (χ4n) is 2.50. The number of rotatable bonds is 3. The lowest BCUT2D eigenvalue weighted by Crippen LogP contribution is -2.45. The number of fused-ring (bicyclic) bond motifs is 1. The van der Waals surface area contributed by atoms with Gasteiger partial charge in [0.1, 0.15) is 11.5 Å². The highest BCUT2D eigenvalue weighted by atomic mass is 16.5. The zero-order valence-electron chi connectivity index (χ0n) is 11.2. The van der Waals surface area contributed by atoms with Crippen LogP contribution >= 0.6 is 0 Å². The van der Waals surface area contributed by atoms with Crippen molar-refractivity contribution < 1.29 is 19.4 Å². The molecule has 0 radical (unpaired) electrons. The van der Waals surface area contributed by atoms with Gasteiger partial charge in [0.2, 0.25) is 0 Å². The highest BCUT2D eigenvalue weighted by Crippen LogP contribution is 2.34. The standard InChI is InChI=1S/C14H18N2O4/c17-11-1-2-12-13(9-11)20-10-14(18)16(12)4-3-15-5-7-19-8-6-15/h1-2,9,17H,3-8,10H2. The number of carbonyl (C=O) groups is 1. The van der Waals surface area contributed by atoms with Crippen LogP contribution in [0.2, 0.25) is 0 Å². The average molecular weight is 278 g/mol. The maximum atomic E-state index is 12.0.